The van der Waals surface area contributed by atoms with E-state index in [-0.39, 0.29) is 5.76 Å². The highest BCUT2D eigenvalue weighted by Gasteiger charge is 2.26. The molecule has 0 radical (unpaired) electrons. The second-order valence-corrected chi connectivity index (χ2v) is 5.65. The van der Waals surface area contributed by atoms with Gasteiger partial charge in [-0.3, -0.25) is 9.79 Å². The third-order valence-electron chi connectivity index (χ3n) is 2.15. The van der Waals surface area contributed by atoms with Crippen LogP contribution in [0.15, 0.2) is 22.7 Å². The second-order valence-electron chi connectivity index (χ2n) is 3.25. The maximum atomic E-state index is 10.8. The molecule has 0 aliphatic heterocycles. The Labute approximate surface area is 105 Å². The Bertz CT molecular complexity index is 522. The molecule has 16 heavy (non-hydrogen) atoms. The lowest BCUT2D eigenvalue weighted by atomic mass is 10.1. The predicted molar refractivity (Wildman–Crippen MR) is 64.0 cm³/mol. The fraction of sp³-hybridized carbons (Fsp3) is 0.111. The first-order valence-electron chi connectivity index (χ1n) is 4.31. The average molecular weight is 325 g/mol. The molecule has 0 saturated carbocycles. The summed E-state index contributed by atoms with van der Waals surface area (Å²) in [4.78, 5) is 17.5. The molecule has 0 spiro atoms. The lowest BCUT2D eigenvalue weighted by molar-refractivity contribution is 0.269. The summed E-state index contributed by atoms with van der Waals surface area (Å²) in [7, 11) is -4.55. The van der Waals surface area contributed by atoms with Crippen molar-refractivity contribution in [3.05, 3.63) is 38.8 Å². The molecule has 7 heteroatoms. The van der Waals surface area contributed by atoms with E-state index in [1.807, 2.05) is 6.07 Å². The lowest BCUT2D eigenvalue weighted by Gasteiger charge is -2.11. The van der Waals surface area contributed by atoms with Gasteiger partial charge in [-0.05, 0) is 40.1 Å². The van der Waals surface area contributed by atoms with E-state index in [1.165, 1.54) is 0 Å². The number of fused-ring (bicyclic) bond motifs is 1. The lowest BCUT2D eigenvalue weighted by Crippen LogP contribution is -1.91. The van der Waals surface area contributed by atoms with Crippen LogP contribution in [0.3, 0.4) is 0 Å². The van der Waals surface area contributed by atoms with Gasteiger partial charge in [0.05, 0.1) is 5.02 Å². The van der Waals surface area contributed by atoms with Crippen molar-refractivity contribution in [2.75, 3.05) is 0 Å². The summed E-state index contributed by atoms with van der Waals surface area (Å²) in [6.45, 7) is 0. The minimum atomic E-state index is -4.55. The van der Waals surface area contributed by atoms with Crippen LogP contribution in [0.2, 0.25) is 5.02 Å². The summed E-state index contributed by atoms with van der Waals surface area (Å²) < 4.78 is 16.0. The molecule has 4 nitrogen and oxygen atoms in total. The zero-order chi connectivity index (χ0) is 11.9. The van der Waals surface area contributed by atoms with Crippen molar-refractivity contribution in [2.45, 2.75) is 6.42 Å². The van der Waals surface area contributed by atoms with Gasteiger partial charge in [0.2, 0.25) is 0 Å². The van der Waals surface area contributed by atoms with Gasteiger partial charge in [-0.15, -0.1) is 0 Å². The average Bonchev–Trinajstić information content (AvgIpc) is 2.53. The number of benzene rings is 1. The molecule has 0 fully saturated rings. The Morgan fingerprint density at radius 3 is 2.75 bits per heavy atom. The highest BCUT2D eigenvalue weighted by Crippen LogP contribution is 2.47. The molecule has 1 aliphatic rings. The summed E-state index contributed by atoms with van der Waals surface area (Å²) in [6, 6.07) is 3.62. The van der Waals surface area contributed by atoms with Crippen LogP contribution in [0.1, 0.15) is 11.1 Å². The fourth-order valence-corrected chi connectivity index (χ4v) is 2.57. The van der Waals surface area contributed by atoms with E-state index in [0.29, 0.717) is 21.5 Å². The van der Waals surface area contributed by atoms with Crippen LogP contribution in [-0.4, -0.2) is 9.79 Å². The van der Waals surface area contributed by atoms with Crippen LogP contribution < -0.4 is 0 Å². The Morgan fingerprint density at radius 1 is 1.44 bits per heavy atom. The second kappa shape index (κ2) is 4.17. The molecule has 86 valence electrons. The van der Waals surface area contributed by atoms with Gasteiger partial charge in [0.1, 0.15) is 5.76 Å². The van der Waals surface area contributed by atoms with Gasteiger partial charge >= 0.3 is 7.82 Å². The van der Waals surface area contributed by atoms with Crippen molar-refractivity contribution in [1.29, 1.82) is 0 Å². The van der Waals surface area contributed by atoms with Gasteiger partial charge < -0.3 is 4.52 Å². The van der Waals surface area contributed by atoms with Crippen molar-refractivity contribution >= 4 is 41.1 Å². The van der Waals surface area contributed by atoms with Gasteiger partial charge in [-0.25, -0.2) is 4.57 Å². The molecule has 0 heterocycles. The molecule has 0 aromatic heterocycles. The van der Waals surface area contributed by atoms with Crippen molar-refractivity contribution in [3.8, 4) is 0 Å². The molecule has 0 bridgehead atoms. The van der Waals surface area contributed by atoms with Crippen LogP contribution in [0.4, 0.5) is 0 Å². The van der Waals surface area contributed by atoms with Gasteiger partial charge in [0, 0.05) is 10.0 Å². The van der Waals surface area contributed by atoms with E-state index in [2.05, 4.69) is 20.5 Å². The zero-order valence-corrected chi connectivity index (χ0v) is 11.1. The van der Waals surface area contributed by atoms with Crippen molar-refractivity contribution < 1.29 is 18.9 Å². The highest BCUT2D eigenvalue weighted by atomic mass is 79.9. The standard InChI is InChI=1S/C9H7BrClO4P/c10-6-3-1-5-2-4-7(8(5)9(6)11)15-16(12,13)14/h1,3-4H,2H2,(H2,12,13,14). The third kappa shape index (κ3) is 2.34. The fourth-order valence-electron chi connectivity index (χ4n) is 1.54. The molecule has 2 N–H and O–H groups in total. The van der Waals surface area contributed by atoms with Crippen LogP contribution in [0.5, 0.6) is 0 Å². The quantitative estimate of drug-likeness (QED) is 0.820. The molecular weight excluding hydrogens is 318 g/mol. The van der Waals surface area contributed by atoms with Crippen LogP contribution in [0.25, 0.3) is 5.76 Å². The molecule has 2 rings (SSSR count). The normalized spacial score (nSPS) is 14.6. The highest BCUT2D eigenvalue weighted by molar-refractivity contribution is 9.10. The SMILES string of the molecule is O=P(O)(O)OC1=CCc2ccc(Br)c(Cl)c21. The van der Waals surface area contributed by atoms with Crippen LogP contribution >= 0.6 is 35.4 Å². The minimum Gasteiger partial charge on any atom is -0.404 e. The first-order chi connectivity index (χ1) is 7.38. The topological polar surface area (TPSA) is 66.8 Å². The van der Waals surface area contributed by atoms with E-state index < -0.39 is 7.82 Å². The zero-order valence-electron chi connectivity index (χ0n) is 7.85. The Balaban J connectivity index is 2.45. The molecule has 1 aliphatic carbocycles. The number of phosphoric ester groups is 1. The summed E-state index contributed by atoms with van der Waals surface area (Å²) in [5.41, 5.74) is 1.43. The van der Waals surface area contributed by atoms with Gasteiger partial charge in [0.15, 0.2) is 0 Å². The number of rotatable bonds is 2. The van der Waals surface area contributed by atoms with E-state index in [1.54, 1.807) is 12.1 Å². The number of allylic oxidation sites excluding steroid dienone is 1. The molecule has 1 aromatic carbocycles. The van der Waals surface area contributed by atoms with Gasteiger partial charge in [-0.1, -0.05) is 17.7 Å². The van der Waals surface area contributed by atoms with Crippen LogP contribution in [0, 0.1) is 0 Å². The third-order valence-corrected chi connectivity index (χ3v) is 3.87. The predicted octanol–water partition coefficient (Wildman–Crippen LogP) is 3.11. The van der Waals surface area contributed by atoms with Crippen LogP contribution in [-0.2, 0) is 15.5 Å². The first-order valence-corrected chi connectivity index (χ1v) is 7.01. The maximum Gasteiger partial charge on any atom is 0.524 e. The molecule has 0 unspecified atom stereocenters. The summed E-state index contributed by atoms with van der Waals surface area (Å²) >= 11 is 9.29. The number of halogens is 2. The largest absolute Gasteiger partial charge is 0.524 e. The van der Waals surface area contributed by atoms with E-state index in [4.69, 9.17) is 21.4 Å². The minimum absolute atomic E-state index is 0.134. The van der Waals surface area contributed by atoms with Gasteiger partial charge in [-0.2, -0.15) is 0 Å². The molecular formula is C9H7BrClO4P. The summed E-state index contributed by atoms with van der Waals surface area (Å²) in [6.07, 6.45) is 2.15. The van der Waals surface area contributed by atoms with E-state index >= 15 is 0 Å². The Morgan fingerprint density at radius 2 is 2.12 bits per heavy atom. The Hall–Kier alpha value is -0.320. The van der Waals surface area contributed by atoms with E-state index in [0.717, 1.165) is 5.56 Å². The van der Waals surface area contributed by atoms with Crippen molar-refractivity contribution in [3.63, 3.8) is 0 Å². The number of hydrogen-bond acceptors (Lipinski definition) is 2. The van der Waals surface area contributed by atoms with Crippen molar-refractivity contribution in [1.82, 2.24) is 0 Å². The molecule has 0 amide bonds. The summed E-state index contributed by atoms with van der Waals surface area (Å²) in [5.74, 6) is 0.134. The van der Waals surface area contributed by atoms with Gasteiger partial charge in [0.25, 0.3) is 0 Å². The number of hydrogen-bond donors (Lipinski definition) is 2. The van der Waals surface area contributed by atoms with E-state index in [9.17, 15) is 4.57 Å². The smallest absolute Gasteiger partial charge is 0.404 e. The first kappa shape index (κ1) is 12.1. The number of phosphoric acid groups is 1. The monoisotopic (exact) mass is 324 g/mol. The Kier molecular flexibility index (Phi) is 3.16. The molecule has 0 atom stereocenters. The molecule has 0 saturated heterocycles. The maximum absolute atomic E-state index is 10.8. The van der Waals surface area contributed by atoms with Crippen molar-refractivity contribution in [2.24, 2.45) is 0 Å². The molecule has 1 aromatic rings. The summed E-state index contributed by atoms with van der Waals surface area (Å²) in [5, 5.41) is 0.398.